The predicted molar refractivity (Wildman–Crippen MR) is 107 cm³/mol. The molecule has 1 aliphatic rings. The van der Waals surface area contributed by atoms with Gasteiger partial charge >= 0.3 is 0 Å². The maximum absolute atomic E-state index is 12.6. The lowest BCUT2D eigenvalue weighted by Crippen LogP contribution is -2.24. The molecule has 0 radical (unpaired) electrons. The molecule has 1 heterocycles. The number of anilines is 1. The van der Waals surface area contributed by atoms with E-state index in [1.807, 2.05) is 6.07 Å². The summed E-state index contributed by atoms with van der Waals surface area (Å²) in [4.78, 5) is 50.5. The molecule has 0 atom stereocenters. The maximum atomic E-state index is 12.6. The van der Waals surface area contributed by atoms with Crippen molar-refractivity contribution >= 4 is 29.2 Å². The van der Waals surface area contributed by atoms with Gasteiger partial charge in [0.15, 0.2) is 5.78 Å². The van der Waals surface area contributed by atoms with Crippen molar-refractivity contribution in [3.8, 4) is 0 Å². The predicted octanol–water partition coefficient (Wildman–Crippen LogP) is 3.40. The summed E-state index contributed by atoms with van der Waals surface area (Å²) in [6, 6.07) is 19.9. The largest absolute Gasteiger partial charge is 0.321 e. The van der Waals surface area contributed by atoms with Crippen LogP contribution in [0.25, 0.3) is 0 Å². The van der Waals surface area contributed by atoms with Crippen LogP contribution in [0.2, 0.25) is 0 Å². The molecule has 3 aromatic rings. The number of ketones is 1. The van der Waals surface area contributed by atoms with E-state index in [-0.39, 0.29) is 22.6 Å². The Balaban J connectivity index is 1.56. The normalized spacial score (nSPS) is 12.7. The van der Waals surface area contributed by atoms with Gasteiger partial charge in [-0.15, -0.1) is 0 Å². The van der Waals surface area contributed by atoms with Gasteiger partial charge in [0.2, 0.25) is 0 Å². The Morgan fingerprint density at radius 2 is 1.34 bits per heavy atom. The smallest absolute Gasteiger partial charge is 0.263 e. The first-order valence-corrected chi connectivity index (χ1v) is 8.94. The SMILES string of the molecule is CN1C(=O)c2cccc(NC(=O)c3ccc(C(=O)c4ccccc4)cc3)c2C1=O. The van der Waals surface area contributed by atoms with Crippen LogP contribution in [0.4, 0.5) is 5.69 Å². The van der Waals surface area contributed by atoms with Crippen molar-refractivity contribution in [2.45, 2.75) is 0 Å². The third kappa shape index (κ3) is 3.21. The topological polar surface area (TPSA) is 83.6 Å². The molecule has 6 nitrogen and oxygen atoms in total. The Morgan fingerprint density at radius 3 is 2.03 bits per heavy atom. The molecule has 0 aromatic heterocycles. The summed E-state index contributed by atoms with van der Waals surface area (Å²) in [7, 11) is 1.40. The van der Waals surface area contributed by atoms with Crippen molar-refractivity contribution in [2.75, 3.05) is 12.4 Å². The minimum atomic E-state index is -0.454. The van der Waals surface area contributed by atoms with Crippen LogP contribution in [0.3, 0.4) is 0 Å². The van der Waals surface area contributed by atoms with Crippen LogP contribution >= 0.6 is 0 Å². The summed E-state index contributed by atoms with van der Waals surface area (Å²) in [5.41, 5.74) is 2.09. The van der Waals surface area contributed by atoms with Crippen LogP contribution in [0.5, 0.6) is 0 Å². The standard InChI is InChI=1S/C23H16N2O4/c1-25-22(28)17-8-5-9-18(19(17)23(25)29)24-21(27)16-12-10-15(11-13-16)20(26)14-6-3-2-4-7-14/h2-13H,1H3,(H,24,27). The van der Waals surface area contributed by atoms with Crippen molar-refractivity contribution in [1.29, 1.82) is 0 Å². The number of fused-ring (bicyclic) bond motifs is 1. The average Bonchev–Trinajstić information content (AvgIpc) is 2.99. The molecular formula is C23H16N2O4. The number of hydrogen-bond donors (Lipinski definition) is 1. The quantitative estimate of drug-likeness (QED) is 0.552. The summed E-state index contributed by atoms with van der Waals surface area (Å²) < 4.78 is 0. The first-order chi connectivity index (χ1) is 14.0. The maximum Gasteiger partial charge on any atom is 0.263 e. The Labute approximate surface area is 166 Å². The fraction of sp³-hybridized carbons (Fsp3) is 0.0435. The van der Waals surface area contributed by atoms with Gasteiger partial charge in [-0.3, -0.25) is 24.1 Å². The molecule has 0 unspecified atom stereocenters. The van der Waals surface area contributed by atoms with E-state index in [0.717, 1.165) is 4.90 Å². The lowest BCUT2D eigenvalue weighted by atomic mass is 10.0. The van der Waals surface area contributed by atoms with Gasteiger partial charge < -0.3 is 5.32 Å². The molecule has 142 valence electrons. The van der Waals surface area contributed by atoms with Crippen molar-refractivity contribution in [3.63, 3.8) is 0 Å². The second kappa shape index (κ2) is 7.16. The number of nitrogens with one attached hydrogen (secondary N) is 1. The lowest BCUT2D eigenvalue weighted by molar-refractivity contribution is 0.0693. The molecule has 0 aliphatic carbocycles. The lowest BCUT2D eigenvalue weighted by Gasteiger charge is -2.09. The van der Waals surface area contributed by atoms with Gasteiger partial charge in [0.05, 0.1) is 16.8 Å². The average molecular weight is 384 g/mol. The van der Waals surface area contributed by atoms with E-state index in [9.17, 15) is 19.2 Å². The number of carbonyl (C=O) groups excluding carboxylic acids is 4. The van der Waals surface area contributed by atoms with Gasteiger partial charge in [-0.2, -0.15) is 0 Å². The zero-order chi connectivity index (χ0) is 20.5. The first kappa shape index (κ1) is 18.3. The van der Waals surface area contributed by atoms with E-state index >= 15 is 0 Å². The molecule has 0 spiro atoms. The first-order valence-electron chi connectivity index (χ1n) is 8.94. The molecule has 3 aromatic carbocycles. The molecule has 0 saturated heterocycles. The molecule has 0 bridgehead atoms. The van der Waals surface area contributed by atoms with E-state index < -0.39 is 17.7 Å². The van der Waals surface area contributed by atoms with Gasteiger partial charge in [-0.25, -0.2) is 0 Å². The van der Waals surface area contributed by atoms with Crippen molar-refractivity contribution in [2.24, 2.45) is 0 Å². The van der Waals surface area contributed by atoms with Crippen molar-refractivity contribution in [1.82, 2.24) is 4.90 Å². The van der Waals surface area contributed by atoms with Gasteiger partial charge in [-0.1, -0.05) is 48.5 Å². The summed E-state index contributed by atoms with van der Waals surface area (Å²) >= 11 is 0. The van der Waals surface area contributed by atoms with Crippen LogP contribution in [0.15, 0.2) is 72.8 Å². The van der Waals surface area contributed by atoms with Gasteiger partial charge in [0.1, 0.15) is 0 Å². The van der Waals surface area contributed by atoms with Gasteiger partial charge in [0, 0.05) is 23.7 Å². The van der Waals surface area contributed by atoms with E-state index in [4.69, 9.17) is 0 Å². The van der Waals surface area contributed by atoms with E-state index in [1.54, 1.807) is 66.7 Å². The fourth-order valence-electron chi connectivity index (χ4n) is 3.23. The van der Waals surface area contributed by atoms with Crippen molar-refractivity contribution < 1.29 is 19.2 Å². The summed E-state index contributed by atoms with van der Waals surface area (Å²) in [6.45, 7) is 0. The summed E-state index contributed by atoms with van der Waals surface area (Å²) in [6.07, 6.45) is 0. The third-order valence-electron chi connectivity index (χ3n) is 4.81. The summed E-state index contributed by atoms with van der Waals surface area (Å²) in [5, 5.41) is 2.69. The monoisotopic (exact) mass is 384 g/mol. The Bertz CT molecular complexity index is 1150. The molecule has 6 heteroatoms. The highest BCUT2D eigenvalue weighted by Gasteiger charge is 2.35. The zero-order valence-corrected chi connectivity index (χ0v) is 15.5. The fourth-order valence-corrected chi connectivity index (χ4v) is 3.23. The Kier molecular flexibility index (Phi) is 4.52. The molecule has 3 amide bonds. The highest BCUT2D eigenvalue weighted by molar-refractivity contribution is 6.24. The molecule has 1 aliphatic heterocycles. The minimum absolute atomic E-state index is 0.134. The van der Waals surface area contributed by atoms with Crippen LogP contribution in [0.1, 0.15) is 47.0 Å². The highest BCUT2D eigenvalue weighted by Crippen LogP contribution is 2.28. The molecular weight excluding hydrogens is 368 g/mol. The Hall–Kier alpha value is -4.06. The molecule has 29 heavy (non-hydrogen) atoms. The zero-order valence-electron chi connectivity index (χ0n) is 15.5. The van der Waals surface area contributed by atoms with E-state index in [2.05, 4.69) is 5.32 Å². The van der Waals surface area contributed by atoms with E-state index in [1.165, 1.54) is 7.05 Å². The minimum Gasteiger partial charge on any atom is -0.321 e. The number of carbonyl (C=O) groups is 4. The number of imide groups is 1. The third-order valence-corrected chi connectivity index (χ3v) is 4.81. The number of benzene rings is 3. The number of rotatable bonds is 4. The van der Waals surface area contributed by atoms with Gasteiger partial charge in [0.25, 0.3) is 17.7 Å². The molecule has 4 rings (SSSR count). The number of amides is 3. The second-order valence-corrected chi connectivity index (χ2v) is 6.62. The molecule has 0 fully saturated rings. The molecule has 1 N–H and O–H groups in total. The highest BCUT2D eigenvalue weighted by atomic mass is 16.2. The van der Waals surface area contributed by atoms with Crippen LogP contribution in [0, 0.1) is 0 Å². The summed E-state index contributed by atoms with van der Waals surface area (Å²) in [5.74, 6) is -1.42. The second-order valence-electron chi connectivity index (χ2n) is 6.62. The number of nitrogens with zero attached hydrogens (tertiary/aromatic N) is 1. The van der Waals surface area contributed by atoms with E-state index in [0.29, 0.717) is 16.7 Å². The van der Waals surface area contributed by atoms with Crippen LogP contribution in [-0.4, -0.2) is 35.5 Å². The number of hydrogen-bond acceptors (Lipinski definition) is 4. The van der Waals surface area contributed by atoms with Crippen molar-refractivity contribution in [3.05, 3.63) is 101 Å². The van der Waals surface area contributed by atoms with Crippen LogP contribution in [-0.2, 0) is 0 Å². The molecule has 0 saturated carbocycles. The van der Waals surface area contributed by atoms with Crippen LogP contribution < -0.4 is 5.32 Å². The van der Waals surface area contributed by atoms with Gasteiger partial charge in [-0.05, 0) is 24.3 Å². The Morgan fingerprint density at radius 1 is 0.724 bits per heavy atom.